The van der Waals surface area contributed by atoms with Crippen molar-refractivity contribution in [3.05, 3.63) is 53.6 Å². The van der Waals surface area contributed by atoms with Crippen LogP contribution in [0, 0.1) is 6.92 Å². The third kappa shape index (κ3) is 2.51. The van der Waals surface area contributed by atoms with Gasteiger partial charge in [-0.25, -0.2) is 0 Å². The molecule has 1 fully saturated rings. The molecule has 104 valence electrons. The van der Waals surface area contributed by atoms with E-state index < -0.39 is 0 Å². The van der Waals surface area contributed by atoms with Gasteiger partial charge >= 0.3 is 0 Å². The Hall–Kier alpha value is -1.94. The molecule has 0 unspecified atom stereocenters. The molecule has 4 nitrogen and oxygen atoms in total. The Morgan fingerprint density at radius 1 is 1.30 bits per heavy atom. The molecule has 4 heteroatoms. The number of nitrogens with one attached hydrogen (secondary N) is 1. The molecule has 1 aliphatic heterocycles. The highest BCUT2D eigenvalue weighted by molar-refractivity contribution is 6.07. The maximum Gasteiger partial charge on any atom is 0.210 e. The van der Waals surface area contributed by atoms with Crippen molar-refractivity contribution in [2.75, 3.05) is 13.1 Å². The van der Waals surface area contributed by atoms with E-state index in [0.717, 1.165) is 37.3 Å². The van der Waals surface area contributed by atoms with Crippen molar-refractivity contribution in [1.29, 1.82) is 0 Å². The fraction of sp³-hybridized carbons (Fsp3) is 0.375. The first-order valence-corrected chi connectivity index (χ1v) is 7.10. The van der Waals surface area contributed by atoms with Gasteiger partial charge in [-0.1, -0.05) is 0 Å². The molecular weight excluding hydrogens is 250 g/mol. The average Bonchev–Trinajstić information content (AvgIpc) is 2.97. The van der Waals surface area contributed by atoms with Crippen LogP contribution < -0.4 is 5.32 Å². The Bertz CT molecular complexity index is 594. The minimum atomic E-state index is 0.0565. The normalized spacial score (nSPS) is 16.2. The van der Waals surface area contributed by atoms with Crippen LogP contribution in [0.1, 0.15) is 40.6 Å². The molecule has 1 N–H and O–H groups in total. The van der Waals surface area contributed by atoms with Crippen LogP contribution in [0.4, 0.5) is 0 Å². The maximum atomic E-state index is 12.6. The van der Waals surface area contributed by atoms with E-state index in [1.54, 1.807) is 6.20 Å². The zero-order valence-electron chi connectivity index (χ0n) is 11.7. The highest BCUT2D eigenvalue weighted by Gasteiger charge is 2.20. The van der Waals surface area contributed by atoms with Crippen LogP contribution in [-0.4, -0.2) is 28.4 Å². The van der Waals surface area contributed by atoms with Crippen LogP contribution in [0.5, 0.6) is 0 Å². The van der Waals surface area contributed by atoms with Crippen molar-refractivity contribution in [2.45, 2.75) is 25.8 Å². The summed E-state index contributed by atoms with van der Waals surface area (Å²) in [4.78, 5) is 16.8. The van der Waals surface area contributed by atoms with Crippen LogP contribution in [0.3, 0.4) is 0 Å². The van der Waals surface area contributed by atoms with Gasteiger partial charge in [-0.05, 0) is 57.1 Å². The number of aromatic nitrogens is 2. The summed E-state index contributed by atoms with van der Waals surface area (Å²) in [5, 5.41) is 3.36. The number of pyridine rings is 1. The molecule has 0 bridgehead atoms. The lowest BCUT2D eigenvalue weighted by Gasteiger charge is -2.25. The zero-order chi connectivity index (χ0) is 13.9. The van der Waals surface area contributed by atoms with E-state index in [2.05, 4.69) is 14.9 Å². The van der Waals surface area contributed by atoms with Crippen molar-refractivity contribution >= 4 is 5.78 Å². The summed E-state index contributed by atoms with van der Waals surface area (Å²) in [6.07, 6.45) is 5.82. The summed E-state index contributed by atoms with van der Waals surface area (Å²) in [6.45, 7) is 3.96. The Labute approximate surface area is 118 Å². The largest absolute Gasteiger partial charge is 0.342 e. The smallest absolute Gasteiger partial charge is 0.210 e. The number of carbonyl (C=O) groups is 1. The summed E-state index contributed by atoms with van der Waals surface area (Å²) >= 11 is 0. The van der Waals surface area contributed by atoms with Gasteiger partial charge in [0.05, 0.1) is 5.69 Å². The van der Waals surface area contributed by atoms with E-state index in [1.165, 1.54) is 0 Å². The number of piperidine rings is 1. The van der Waals surface area contributed by atoms with Crippen LogP contribution in [0.2, 0.25) is 0 Å². The molecule has 20 heavy (non-hydrogen) atoms. The van der Waals surface area contributed by atoms with E-state index in [4.69, 9.17) is 0 Å². The van der Waals surface area contributed by atoms with Gasteiger partial charge in [0.25, 0.3) is 0 Å². The molecule has 0 atom stereocenters. The third-order valence-electron chi connectivity index (χ3n) is 3.89. The highest BCUT2D eigenvalue weighted by atomic mass is 16.1. The second kappa shape index (κ2) is 5.59. The van der Waals surface area contributed by atoms with Crippen molar-refractivity contribution in [3.8, 4) is 0 Å². The Kier molecular flexibility index (Phi) is 3.65. The molecule has 0 radical (unpaired) electrons. The summed E-state index contributed by atoms with van der Waals surface area (Å²) < 4.78 is 2.13. The molecular formula is C16H19N3O. The maximum absolute atomic E-state index is 12.6. The van der Waals surface area contributed by atoms with E-state index in [9.17, 15) is 4.79 Å². The van der Waals surface area contributed by atoms with Gasteiger partial charge in [0, 0.05) is 29.7 Å². The molecule has 1 aliphatic rings. The summed E-state index contributed by atoms with van der Waals surface area (Å²) in [7, 11) is 0. The number of hydrogen-bond donors (Lipinski definition) is 1. The molecule has 2 aromatic heterocycles. The minimum absolute atomic E-state index is 0.0565. The van der Waals surface area contributed by atoms with Crippen molar-refractivity contribution in [1.82, 2.24) is 14.9 Å². The van der Waals surface area contributed by atoms with E-state index in [1.807, 2.05) is 37.4 Å². The molecule has 1 saturated heterocycles. The van der Waals surface area contributed by atoms with Gasteiger partial charge in [0.2, 0.25) is 5.78 Å². The fourth-order valence-corrected chi connectivity index (χ4v) is 2.74. The molecule has 0 spiro atoms. The van der Waals surface area contributed by atoms with Crippen molar-refractivity contribution < 1.29 is 4.79 Å². The van der Waals surface area contributed by atoms with E-state index >= 15 is 0 Å². The SMILES string of the molecule is Cc1ccc(C(=O)c2cccn2C2CCNCC2)cn1. The van der Waals surface area contributed by atoms with E-state index in [0.29, 0.717) is 11.6 Å². The second-order valence-electron chi connectivity index (χ2n) is 5.30. The number of aryl methyl sites for hydroxylation is 1. The first kappa shape index (κ1) is 13.1. The lowest BCUT2D eigenvalue weighted by molar-refractivity contribution is 0.102. The number of hydrogen-bond acceptors (Lipinski definition) is 3. The second-order valence-corrected chi connectivity index (χ2v) is 5.30. The number of ketones is 1. The molecule has 2 aromatic rings. The Morgan fingerprint density at radius 2 is 2.10 bits per heavy atom. The topological polar surface area (TPSA) is 46.9 Å². The standard InChI is InChI=1S/C16H19N3O/c1-12-4-5-13(11-18-12)16(20)15-3-2-10-19(15)14-6-8-17-9-7-14/h2-5,10-11,14,17H,6-9H2,1H3. The Balaban J connectivity index is 1.88. The first-order chi connectivity index (χ1) is 9.75. The monoisotopic (exact) mass is 269 g/mol. The number of nitrogens with zero attached hydrogens (tertiary/aromatic N) is 2. The van der Waals surface area contributed by atoms with Crippen LogP contribution in [-0.2, 0) is 0 Å². The molecule has 0 aliphatic carbocycles. The molecule has 3 heterocycles. The predicted octanol–water partition coefficient (Wildman–Crippen LogP) is 2.35. The Morgan fingerprint density at radius 3 is 2.80 bits per heavy atom. The quantitative estimate of drug-likeness (QED) is 0.870. The molecule has 0 aromatic carbocycles. The minimum Gasteiger partial charge on any atom is -0.342 e. The lowest BCUT2D eigenvalue weighted by Crippen LogP contribution is -2.30. The van der Waals surface area contributed by atoms with Gasteiger partial charge < -0.3 is 9.88 Å². The number of rotatable bonds is 3. The van der Waals surface area contributed by atoms with Crippen LogP contribution in [0.25, 0.3) is 0 Å². The number of carbonyl (C=O) groups excluding carboxylic acids is 1. The van der Waals surface area contributed by atoms with Gasteiger partial charge in [0.1, 0.15) is 0 Å². The first-order valence-electron chi connectivity index (χ1n) is 7.10. The van der Waals surface area contributed by atoms with Gasteiger partial charge in [-0.15, -0.1) is 0 Å². The van der Waals surface area contributed by atoms with Crippen molar-refractivity contribution in [3.63, 3.8) is 0 Å². The molecule has 0 saturated carbocycles. The molecule has 0 amide bonds. The predicted molar refractivity (Wildman–Crippen MR) is 78.0 cm³/mol. The van der Waals surface area contributed by atoms with Crippen LogP contribution in [0.15, 0.2) is 36.7 Å². The van der Waals surface area contributed by atoms with Gasteiger partial charge in [-0.2, -0.15) is 0 Å². The zero-order valence-corrected chi connectivity index (χ0v) is 11.7. The summed E-state index contributed by atoms with van der Waals surface area (Å²) in [5.74, 6) is 0.0565. The van der Waals surface area contributed by atoms with E-state index in [-0.39, 0.29) is 5.78 Å². The van der Waals surface area contributed by atoms with Gasteiger partial charge in [-0.3, -0.25) is 9.78 Å². The molecule has 3 rings (SSSR count). The van der Waals surface area contributed by atoms with Crippen molar-refractivity contribution in [2.24, 2.45) is 0 Å². The van der Waals surface area contributed by atoms with Crippen LogP contribution >= 0.6 is 0 Å². The third-order valence-corrected chi connectivity index (χ3v) is 3.89. The fourth-order valence-electron chi connectivity index (χ4n) is 2.74. The van der Waals surface area contributed by atoms with Gasteiger partial charge in [0.15, 0.2) is 0 Å². The summed E-state index contributed by atoms with van der Waals surface area (Å²) in [5.41, 5.74) is 2.35. The highest BCUT2D eigenvalue weighted by Crippen LogP contribution is 2.22. The summed E-state index contributed by atoms with van der Waals surface area (Å²) in [6, 6.07) is 8.01. The average molecular weight is 269 g/mol. The lowest BCUT2D eigenvalue weighted by atomic mass is 10.0.